The van der Waals surface area contributed by atoms with E-state index in [0.29, 0.717) is 6.42 Å². The molecule has 0 atom stereocenters. The van der Waals surface area contributed by atoms with E-state index in [1.807, 2.05) is 0 Å². The fourth-order valence-electron chi connectivity index (χ4n) is 1.53. The molecule has 5 heteroatoms. The minimum Gasteiger partial charge on any atom is -0.300 e. The topological polar surface area (TPSA) is 60.4 Å². The van der Waals surface area contributed by atoms with E-state index in [1.54, 1.807) is 0 Å². The summed E-state index contributed by atoms with van der Waals surface area (Å²) >= 11 is 0. The Morgan fingerprint density at radius 3 is 2.18 bits per heavy atom. The van der Waals surface area contributed by atoms with E-state index in [2.05, 4.69) is 11.1 Å². The Kier molecular flexibility index (Phi) is 9.36. The van der Waals surface area contributed by atoms with E-state index < -0.39 is 10.1 Å². The van der Waals surface area contributed by atoms with Crippen LogP contribution in [0.5, 0.6) is 0 Å². The number of Topliss-reactive ketones (excluding diaryl/α,β-unsaturated/α-hetero) is 1. The largest absolute Gasteiger partial charge is 0.300 e. The predicted octanol–water partition coefficient (Wildman–Crippen LogP) is 2.67. The van der Waals surface area contributed by atoms with Gasteiger partial charge < -0.3 is 0 Å². The molecular weight excluding hydrogens is 240 g/mol. The molecule has 0 radical (unpaired) electrons. The summed E-state index contributed by atoms with van der Waals surface area (Å²) in [7, 11) is -3.41. The van der Waals surface area contributed by atoms with E-state index in [1.165, 1.54) is 25.7 Å². The first-order valence-corrected chi connectivity index (χ1v) is 8.13. The summed E-state index contributed by atoms with van der Waals surface area (Å²) in [6.45, 7) is 2.15. The predicted molar refractivity (Wildman–Crippen MR) is 68.4 cm³/mol. The maximum atomic E-state index is 11.3. The molecule has 0 aromatic rings. The first-order chi connectivity index (χ1) is 7.95. The zero-order valence-electron chi connectivity index (χ0n) is 10.9. The number of carbonyl (C=O) groups is 1. The van der Waals surface area contributed by atoms with Gasteiger partial charge in [0.25, 0.3) is 10.1 Å². The Morgan fingerprint density at radius 2 is 1.59 bits per heavy atom. The van der Waals surface area contributed by atoms with Crippen LogP contribution >= 0.6 is 0 Å². The van der Waals surface area contributed by atoms with Crippen LogP contribution in [-0.4, -0.2) is 27.1 Å². The van der Waals surface area contributed by atoms with Crippen LogP contribution in [0, 0.1) is 0 Å². The summed E-state index contributed by atoms with van der Waals surface area (Å²) in [5.41, 5.74) is 0. The fourth-order valence-corrected chi connectivity index (χ4v) is 1.92. The van der Waals surface area contributed by atoms with Crippen molar-refractivity contribution in [3.63, 3.8) is 0 Å². The van der Waals surface area contributed by atoms with Crippen molar-refractivity contribution in [3.05, 3.63) is 0 Å². The number of rotatable bonds is 11. The van der Waals surface area contributed by atoms with Gasteiger partial charge in [-0.15, -0.1) is 0 Å². The van der Waals surface area contributed by atoms with Crippen molar-refractivity contribution in [1.82, 2.24) is 0 Å². The molecule has 0 bridgehead atoms. The number of ketones is 1. The molecule has 0 aromatic carbocycles. The maximum absolute atomic E-state index is 11.3. The molecule has 0 spiro atoms. The highest BCUT2D eigenvalue weighted by Crippen LogP contribution is 2.08. The van der Waals surface area contributed by atoms with Gasteiger partial charge in [0.05, 0.1) is 12.9 Å². The van der Waals surface area contributed by atoms with Crippen molar-refractivity contribution >= 4 is 15.9 Å². The summed E-state index contributed by atoms with van der Waals surface area (Å²) < 4.78 is 25.8. The lowest BCUT2D eigenvalue weighted by atomic mass is 10.1. The van der Waals surface area contributed by atoms with E-state index in [9.17, 15) is 13.2 Å². The second kappa shape index (κ2) is 9.59. The summed E-state index contributed by atoms with van der Waals surface area (Å²) in [6, 6.07) is 0. The van der Waals surface area contributed by atoms with Gasteiger partial charge in [0.1, 0.15) is 5.78 Å². The molecule has 0 aliphatic carbocycles. The van der Waals surface area contributed by atoms with Crippen molar-refractivity contribution < 1.29 is 17.4 Å². The third-order valence-electron chi connectivity index (χ3n) is 2.49. The normalized spacial score (nSPS) is 11.6. The smallest absolute Gasteiger partial charge is 0.264 e. The van der Waals surface area contributed by atoms with Crippen molar-refractivity contribution in [2.45, 2.75) is 58.3 Å². The van der Waals surface area contributed by atoms with E-state index in [0.717, 1.165) is 19.1 Å². The highest BCUT2D eigenvalue weighted by molar-refractivity contribution is 7.85. The highest BCUT2D eigenvalue weighted by atomic mass is 32.2. The second-order valence-corrected chi connectivity index (χ2v) is 5.98. The lowest BCUT2D eigenvalue weighted by Crippen LogP contribution is -2.08. The van der Waals surface area contributed by atoms with Gasteiger partial charge in [-0.2, -0.15) is 8.42 Å². The molecule has 0 aromatic heterocycles. The van der Waals surface area contributed by atoms with Crippen LogP contribution in [0.15, 0.2) is 0 Å². The SMILES string of the molecule is CCCCCCCCC(=O)CCOS(C)(=O)=O. The minimum absolute atomic E-state index is 0.0203. The third-order valence-corrected chi connectivity index (χ3v) is 3.08. The lowest BCUT2D eigenvalue weighted by Gasteiger charge is -2.02. The molecule has 0 fully saturated rings. The Balaban J connectivity index is 3.35. The van der Waals surface area contributed by atoms with Crippen LogP contribution < -0.4 is 0 Å². The quantitative estimate of drug-likeness (QED) is 0.425. The van der Waals surface area contributed by atoms with Crippen LogP contribution in [-0.2, 0) is 19.1 Å². The van der Waals surface area contributed by atoms with Crippen LogP contribution in [0.3, 0.4) is 0 Å². The summed E-state index contributed by atoms with van der Waals surface area (Å²) in [4.78, 5) is 11.3. The van der Waals surface area contributed by atoms with Crippen LogP contribution in [0.4, 0.5) is 0 Å². The lowest BCUT2D eigenvalue weighted by molar-refractivity contribution is -0.119. The van der Waals surface area contributed by atoms with Crippen LogP contribution in [0.25, 0.3) is 0 Å². The maximum Gasteiger partial charge on any atom is 0.264 e. The summed E-state index contributed by atoms with van der Waals surface area (Å²) in [5.74, 6) is 0.0872. The third kappa shape index (κ3) is 13.5. The first kappa shape index (κ1) is 16.6. The van der Waals surface area contributed by atoms with Gasteiger partial charge in [0, 0.05) is 12.8 Å². The molecule has 102 valence electrons. The summed E-state index contributed by atoms with van der Waals surface area (Å²) in [5, 5.41) is 0. The minimum atomic E-state index is -3.41. The molecule has 0 aliphatic rings. The molecule has 0 unspecified atom stereocenters. The highest BCUT2D eigenvalue weighted by Gasteiger charge is 2.05. The fraction of sp³-hybridized carbons (Fsp3) is 0.917. The van der Waals surface area contributed by atoms with Crippen molar-refractivity contribution in [3.8, 4) is 0 Å². The number of hydrogen-bond donors (Lipinski definition) is 0. The van der Waals surface area contributed by atoms with Gasteiger partial charge in [-0.3, -0.25) is 8.98 Å². The van der Waals surface area contributed by atoms with Crippen molar-refractivity contribution in [2.24, 2.45) is 0 Å². The monoisotopic (exact) mass is 264 g/mol. The molecule has 0 heterocycles. The van der Waals surface area contributed by atoms with Gasteiger partial charge >= 0.3 is 0 Å². The van der Waals surface area contributed by atoms with Crippen LogP contribution in [0.1, 0.15) is 58.3 Å². The van der Waals surface area contributed by atoms with Gasteiger partial charge in [0.15, 0.2) is 0 Å². The van der Waals surface area contributed by atoms with Crippen molar-refractivity contribution in [2.75, 3.05) is 12.9 Å². The van der Waals surface area contributed by atoms with E-state index in [-0.39, 0.29) is 18.8 Å². The molecule has 0 saturated heterocycles. The molecule has 17 heavy (non-hydrogen) atoms. The molecule has 4 nitrogen and oxygen atoms in total. The van der Waals surface area contributed by atoms with Gasteiger partial charge in [-0.1, -0.05) is 39.0 Å². The zero-order chi connectivity index (χ0) is 13.1. The van der Waals surface area contributed by atoms with Crippen molar-refractivity contribution in [1.29, 1.82) is 0 Å². The zero-order valence-corrected chi connectivity index (χ0v) is 11.7. The second-order valence-electron chi connectivity index (χ2n) is 4.33. The Morgan fingerprint density at radius 1 is 1.00 bits per heavy atom. The molecular formula is C12H24O4S. The standard InChI is InChI=1S/C12H24O4S/c1-3-4-5-6-7-8-9-12(13)10-11-16-17(2,14)15/h3-11H2,1-2H3. The molecule has 0 aliphatic heterocycles. The molecule has 0 rings (SSSR count). The average molecular weight is 264 g/mol. The molecule has 0 saturated carbocycles. The number of unbranched alkanes of at least 4 members (excludes halogenated alkanes) is 5. The molecule has 0 N–H and O–H groups in total. The van der Waals surface area contributed by atoms with Gasteiger partial charge in [0.2, 0.25) is 0 Å². The van der Waals surface area contributed by atoms with Gasteiger partial charge in [-0.05, 0) is 6.42 Å². The van der Waals surface area contributed by atoms with E-state index in [4.69, 9.17) is 0 Å². The van der Waals surface area contributed by atoms with E-state index >= 15 is 0 Å². The first-order valence-electron chi connectivity index (χ1n) is 6.32. The molecule has 0 amide bonds. The summed E-state index contributed by atoms with van der Waals surface area (Å²) in [6.07, 6.45) is 8.62. The Hall–Kier alpha value is -0.420. The van der Waals surface area contributed by atoms with Crippen LogP contribution in [0.2, 0.25) is 0 Å². The number of carbonyl (C=O) groups excluding carboxylic acids is 1. The number of hydrogen-bond acceptors (Lipinski definition) is 4. The Labute approximate surface area is 105 Å². The Bertz CT molecular complexity index is 296. The van der Waals surface area contributed by atoms with Gasteiger partial charge in [-0.25, -0.2) is 0 Å². The average Bonchev–Trinajstić information content (AvgIpc) is 2.21.